The molecule has 3 aromatic rings. The summed E-state index contributed by atoms with van der Waals surface area (Å²) in [5.41, 5.74) is 2.75. The zero-order chi connectivity index (χ0) is 11.8. The van der Waals surface area contributed by atoms with Gasteiger partial charge in [-0.3, -0.25) is 4.40 Å². The van der Waals surface area contributed by atoms with E-state index in [0.29, 0.717) is 5.78 Å². The second-order valence-corrected chi connectivity index (χ2v) is 3.97. The Morgan fingerprint density at radius 1 is 1.12 bits per heavy atom. The molecule has 0 radical (unpaired) electrons. The van der Waals surface area contributed by atoms with Crippen molar-refractivity contribution in [2.75, 3.05) is 0 Å². The highest BCUT2D eigenvalue weighted by Crippen LogP contribution is 2.18. The molecule has 84 valence electrons. The minimum absolute atomic E-state index is 0.244. The number of aryl methyl sites for hydroxylation is 1. The van der Waals surface area contributed by atoms with Crippen molar-refractivity contribution in [2.45, 2.75) is 6.92 Å². The van der Waals surface area contributed by atoms with Gasteiger partial charge in [-0.2, -0.15) is 0 Å². The second kappa shape index (κ2) is 3.66. The van der Waals surface area contributed by atoms with Crippen molar-refractivity contribution in [3.63, 3.8) is 0 Å². The summed E-state index contributed by atoms with van der Waals surface area (Å²) in [6.07, 6.45) is 5.63. The van der Waals surface area contributed by atoms with Crippen LogP contribution in [-0.2, 0) is 0 Å². The standard InChI is InChI=1S/C13H10FN3/c1-9-6-15-13-16-12(8-17(13)7-9)10-2-4-11(14)5-3-10/h2-8H,1H3. The Balaban J connectivity index is 2.14. The topological polar surface area (TPSA) is 30.2 Å². The summed E-state index contributed by atoms with van der Waals surface area (Å²) in [6, 6.07) is 6.28. The molecule has 0 aliphatic heterocycles. The van der Waals surface area contributed by atoms with Crippen molar-refractivity contribution in [1.29, 1.82) is 0 Å². The van der Waals surface area contributed by atoms with Gasteiger partial charge in [-0.1, -0.05) is 0 Å². The molecule has 0 aliphatic rings. The summed E-state index contributed by atoms with van der Waals surface area (Å²) < 4.78 is 14.7. The van der Waals surface area contributed by atoms with Gasteiger partial charge in [0.2, 0.25) is 5.78 Å². The zero-order valence-corrected chi connectivity index (χ0v) is 9.26. The fraction of sp³-hybridized carbons (Fsp3) is 0.0769. The average Bonchev–Trinajstić information content (AvgIpc) is 2.72. The van der Waals surface area contributed by atoms with Crippen molar-refractivity contribution < 1.29 is 4.39 Å². The van der Waals surface area contributed by atoms with E-state index in [0.717, 1.165) is 16.8 Å². The monoisotopic (exact) mass is 227 g/mol. The Labute approximate surface area is 97.6 Å². The highest BCUT2D eigenvalue weighted by Gasteiger charge is 2.05. The quantitative estimate of drug-likeness (QED) is 0.640. The van der Waals surface area contributed by atoms with Gasteiger partial charge in [-0.05, 0) is 36.8 Å². The lowest BCUT2D eigenvalue weighted by Crippen LogP contribution is -1.87. The Kier molecular flexibility index (Phi) is 2.14. The number of rotatable bonds is 1. The van der Waals surface area contributed by atoms with Gasteiger partial charge < -0.3 is 0 Å². The smallest absolute Gasteiger partial charge is 0.234 e. The number of benzene rings is 1. The third-order valence-corrected chi connectivity index (χ3v) is 2.58. The second-order valence-electron chi connectivity index (χ2n) is 3.97. The highest BCUT2D eigenvalue weighted by molar-refractivity contribution is 5.61. The molecule has 17 heavy (non-hydrogen) atoms. The van der Waals surface area contributed by atoms with E-state index in [1.807, 2.05) is 23.7 Å². The Morgan fingerprint density at radius 3 is 2.65 bits per heavy atom. The van der Waals surface area contributed by atoms with E-state index in [-0.39, 0.29) is 5.82 Å². The molecule has 0 saturated heterocycles. The number of imidazole rings is 1. The third-order valence-electron chi connectivity index (χ3n) is 2.58. The third kappa shape index (κ3) is 1.78. The van der Waals surface area contributed by atoms with Crippen molar-refractivity contribution in [3.05, 3.63) is 54.2 Å². The number of halogens is 1. The molecule has 0 bridgehead atoms. The highest BCUT2D eigenvalue weighted by atomic mass is 19.1. The number of hydrogen-bond donors (Lipinski definition) is 0. The predicted octanol–water partition coefficient (Wildman–Crippen LogP) is 2.84. The van der Waals surface area contributed by atoms with Crippen LogP contribution in [0, 0.1) is 12.7 Å². The molecule has 0 saturated carbocycles. The first kappa shape index (κ1) is 9.96. The molecule has 0 spiro atoms. The molecule has 0 unspecified atom stereocenters. The van der Waals surface area contributed by atoms with Crippen LogP contribution in [0.5, 0.6) is 0 Å². The first-order valence-electron chi connectivity index (χ1n) is 5.30. The lowest BCUT2D eigenvalue weighted by atomic mass is 10.2. The molecule has 1 aromatic carbocycles. The maximum Gasteiger partial charge on any atom is 0.234 e. The molecule has 3 nitrogen and oxygen atoms in total. The number of nitrogens with zero attached hydrogens (tertiary/aromatic N) is 3. The van der Waals surface area contributed by atoms with Crippen LogP contribution in [0.2, 0.25) is 0 Å². The summed E-state index contributed by atoms with van der Waals surface area (Å²) in [4.78, 5) is 8.61. The number of fused-ring (bicyclic) bond motifs is 1. The number of aromatic nitrogens is 3. The SMILES string of the molecule is Cc1cnc2nc(-c3ccc(F)cc3)cn2c1. The molecule has 0 aliphatic carbocycles. The van der Waals surface area contributed by atoms with Crippen LogP contribution in [0.3, 0.4) is 0 Å². The van der Waals surface area contributed by atoms with Crippen LogP contribution < -0.4 is 0 Å². The maximum absolute atomic E-state index is 12.8. The van der Waals surface area contributed by atoms with E-state index in [9.17, 15) is 4.39 Å². The van der Waals surface area contributed by atoms with Gasteiger partial charge in [-0.15, -0.1) is 0 Å². The van der Waals surface area contributed by atoms with Gasteiger partial charge in [0, 0.05) is 24.2 Å². The maximum atomic E-state index is 12.8. The van der Waals surface area contributed by atoms with Crippen LogP contribution in [0.25, 0.3) is 17.0 Å². The first-order chi connectivity index (χ1) is 8.22. The minimum Gasteiger partial charge on any atom is -0.290 e. The van der Waals surface area contributed by atoms with Crippen molar-refractivity contribution in [3.8, 4) is 11.3 Å². The average molecular weight is 227 g/mol. The molecular formula is C13H10FN3. The molecule has 0 N–H and O–H groups in total. The van der Waals surface area contributed by atoms with E-state index >= 15 is 0 Å². The summed E-state index contributed by atoms with van der Waals surface area (Å²) in [5, 5.41) is 0. The van der Waals surface area contributed by atoms with Gasteiger partial charge in [0.1, 0.15) is 5.82 Å². The van der Waals surface area contributed by atoms with E-state index < -0.39 is 0 Å². The predicted molar refractivity (Wildman–Crippen MR) is 63.1 cm³/mol. The zero-order valence-electron chi connectivity index (χ0n) is 9.26. The summed E-state index contributed by atoms with van der Waals surface area (Å²) in [7, 11) is 0. The van der Waals surface area contributed by atoms with Gasteiger partial charge in [0.05, 0.1) is 5.69 Å². The van der Waals surface area contributed by atoms with Crippen LogP contribution in [0.15, 0.2) is 42.9 Å². The van der Waals surface area contributed by atoms with Crippen LogP contribution in [0.4, 0.5) is 4.39 Å². The van der Waals surface area contributed by atoms with Gasteiger partial charge in [-0.25, -0.2) is 14.4 Å². The lowest BCUT2D eigenvalue weighted by Gasteiger charge is -1.94. The Bertz CT molecular complexity index is 671. The van der Waals surface area contributed by atoms with Crippen LogP contribution >= 0.6 is 0 Å². The molecule has 3 rings (SSSR count). The summed E-state index contributed by atoms with van der Waals surface area (Å²) in [5.74, 6) is 0.404. The fourth-order valence-corrected chi connectivity index (χ4v) is 1.75. The van der Waals surface area contributed by atoms with Crippen molar-refractivity contribution in [1.82, 2.24) is 14.4 Å². The Morgan fingerprint density at radius 2 is 1.88 bits per heavy atom. The van der Waals surface area contributed by atoms with Gasteiger partial charge in [0.15, 0.2) is 0 Å². The first-order valence-corrected chi connectivity index (χ1v) is 5.30. The molecule has 2 heterocycles. The van der Waals surface area contributed by atoms with Crippen LogP contribution in [0.1, 0.15) is 5.56 Å². The molecular weight excluding hydrogens is 217 g/mol. The molecule has 2 aromatic heterocycles. The summed E-state index contributed by atoms with van der Waals surface area (Å²) >= 11 is 0. The van der Waals surface area contributed by atoms with Crippen LogP contribution in [-0.4, -0.2) is 14.4 Å². The fourth-order valence-electron chi connectivity index (χ4n) is 1.75. The molecule has 0 amide bonds. The molecule has 4 heteroatoms. The van der Waals surface area contributed by atoms with Crippen molar-refractivity contribution in [2.24, 2.45) is 0 Å². The van der Waals surface area contributed by atoms with E-state index in [1.54, 1.807) is 18.3 Å². The van der Waals surface area contributed by atoms with E-state index in [2.05, 4.69) is 9.97 Å². The van der Waals surface area contributed by atoms with Gasteiger partial charge in [0.25, 0.3) is 0 Å². The molecule has 0 fully saturated rings. The van der Waals surface area contributed by atoms with E-state index in [4.69, 9.17) is 0 Å². The van der Waals surface area contributed by atoms with Crippen molar-refractivity contribution >= 4 is 5.78 Å². The van der Waals surface area contributed by atoms with Gasteiger partial charge >= 0.3 is 0 Å². The number of hydrogen-bond acceptors (Lipinski definition) is 2. The normalized spacial score (nSPS) is 10.9. The molecule has 0 atom stereocenters. The Hall–Kier alpha value is -2.23. The minimum atomic E-state index is -0.244. The lowest BCUT2D eigenvalue weighted by molar-refractivity contribution is 0.628. The largest absolute Gasteiger partial charge is 0.290 e. The summed E-state index contributed by atoms with van der Waals surface area (Å²) in [6.45, 7) is 1.98. The van der Waals surface area contributed by atoms with E-state index in [1.165, 1.54) is 12.1 Å².